The summed E-state index contributed by atoms with van der Waals surface area (Å²) in [4.78, 5) is 25.4. The third-order valence-electron chi connectivity index (χ3n) is 4.66. The fraction of sp³-hybridized carbons (Fsp3) is 0.250. The van der Waals surface area contributed by atoms with Crippen molar-refractivity contribution in [3.63, 3.8) is 0 Å². The van der Waals surface area contributed by atoms with E-state index in [1.54, 1.807) is 11.3 Å². The molecular formula is C20H20N4O2S. The van der Waals surface area contributed by atoms with Crippen LogP contribution < -0.4 is 10.9 Å². The van der Waals surface area contributed by atoms with Gasteiger partial charge in [-0.25, -0.2) is 4.68 Å². The molecule has 1 aromatic carbocycles. The molecule has 0 fully saturated rings. The summed E-state index contributed by atoms with van der Waals surface area (Å²) in [5.74, 6) is 0.530. The van der Waals surface area contributed by atoms with Gasteiger partial charge in [0.05, 0.1) is 16.3 Å². The van der Waals surface area contributed by atoms with Crippen molar-refractivity contribution in [1.82, 2.24) is 19.5 Å². The number of amides is 1. The molecule has 27 heavy (non-hydrogen) atoms. The number of carbonyl (C=O) groups excluding carboxylic acids is 1. The van der Waals surface area contributed by atoms with E-state index in [0.717, 1.165) is 21.6 Å². The molecule has 1 atom stereocenters. The summed E-state index contributed by atoms with van der Waals surface area (Å²) < 4.78 is 4.21. The van der Waals surface area contributed by atoms with Gasteiger partial charge in [0, 0.05) is 6.42 Å². The van der Waals surface area contributed by atoms with E-state index in [0.29, 0.717) is 11.9 Å². The van der Waals surface area contributed by atoms with Gasteiger partial charge in [-0.05, 0) is 30.0 Å². The van der Waals surface area contributed by atoms with Gasteiger partial charge < -0.3 is 5.32 Å². The maximum Gasteiger partial charge on any atom is 0.291 e. The topological polar surface area (TPSA) is 68.4 Å². The van der Waals surface area contributed by atoms with Crippen LogP contribution in [0.25, 0.3) is 15.7 Å². The van der Waals surface area contributed by atoms with Crippen molar-refractivity contribution in [2.24, 2.45) is 0 Å². The van der Waals surface area contributed by atoms with Crippen molar-refractivity contribution in [2.45, 2.75) is 32.9 Å². The highest BCUT2D eigenvalue weighted by atomic mass is 32.1. The Kier molecular flexibility index (Phi) is 4.53. The van der Waals surface area contributed by atoms with Gasteiger partial charge in [-0.3, -0.25) is 14.0 Å². The number of carbonyl (C=O) groups is 1. The number of aryl methyl sites for hydroxylation is 1. The first-order valence-corrected chi connectivity index (χ1v) is 9.79. The van der Waals surface area contributed by atoms with Crippen molar-refractivity contribution < 1.29 is 4.79 Å². The molecule has 0 aliphatic rings. The van der Waals surface area contributed by atoms with E-state index in [4.69, 9.17) is 0 Å². The number of fused-ring (bicyclic) bond motifs is 3. The molecule has 3 aromatic heterocycles. The third-order valence-corrected chi connectivity index (χ3v) is 5.51. The molecule has 4 rings (SSSR count). The molecule has 4 aromatic rings. The van der Waals surface area contributed by atoms with Gasteiger partial charge in [0.15, 0.2) is 0 Å². The molecule has 7 heteroatoms. The Morgan fingerprint density at radius 2 is 2.00 bits per heavy atom. The van der Waals surface area contributed by atoms with E-state index in [-0.39, 0.29) is 24.1 Å². The van der Waals surface area contributed by atoms with Crippen LogP contribution in [0.4, 0.5) is 0 Å². The lowest BCUT2D eigenvalue weighted by Gasteiger charge is -2.15. The quantitative estimate of drug-likeness (QED) is 0.578. The predicted molar refractivity (Wildman–Crippen MR) is 107 cm³/mol. The molecule has 0 aliphatic carbocycles. The van der Waals surface area contributed by atoms with Crippen LogP contribution in [0.2, 0.25) is 0 Å². The molecule has 0 aliphatic heterocycles. The zero-order chi connectivity index (χ0) is 19.0. The molecule has 0 saturated carbocycles. The minimum atomic E-state index is -0.252. The average molecular weight is 380 g/mol. The normalized spacial score (nSPS) is 12.5. The van der Waals surface area contributed by atoms with Crippen molar-refractivity contribution in [2.75, 3.05) is 0 Å². The van der Waals surface area contributed by atoms with Crippen LogP contribution in [0.5, 0.6) is 0 Å². The minimum absolute atomic E-state index is 0.0989. The highest BCUT2D eigenvalue weighted by Crippen LogP contribution is 2.24. The number of hydrogen-bond donors (Lipinski definition) is 1. The van der Waals surface area contributed by atoms with E-state index < -0.39 is 0 Å². The number of aromatic nitrogens is 3. The lowest BCUT2D eigenvalue weighted by atomic mass is 10.1. The summed E-state index contributed by atoms with van der Waals surface area (Å²) in [6.07, 6.45) is 0.665. The number of thiophene rings is 1. The van der Waals surface area contributed by atoms with Crippen molar-refractivity contribution in [3.8, 4) is 0 Å². The zero-order valence-electron chi connectivity index (χ0n) is 15.2. The summed E-state index contributed by atoms with van der Waals surface area (Å²) in [5.41, 5.74) is 2.32. The third kappa shape index (κ3) is 3.14. The first kappa shape index (κ1) is 17.5. The fourth-order valence-corrected chi connectivity index (χ4v) is 4.11. The summed E-state index contributed by atoms with van der Waals surface area (Å²) in [6.45, 7) is 3.82. The van der Waals surface area contributed by atoms with E-state index >= 15 is 0 Å². The highest BCUT2D eigenvalue weighted by molar-refractivity contribution is 7.17. The molecule has 3 heterocycles. The monoisotopic (exact) mass is 380 g/mol. The number of hydrogen-bond acceptors (Lipinski definition) is 4. The predicted octanol–water partition coefficient (Wildman–Crippen LogP) is 3.15. The van der Waals surface area contributed by atoms with Crippen LogP contribution in [-0.2, 0) is 17.8 Å². The summed E-state index contributed by atoms with van der Waals surface area (Å²) in [5, 5.41) is 9.39. The standard InChI is InChI=1S/C20H20N4O2S/c1-3-18-22-23(12-19(25)21-13(2)14-7-5-4-6-8-14)20(26)16-11-17-15(24(16)18)9-10-27-17/h4-11,13H,3,12H2,1-2H3,(H,21,25)/t13-/m1/s1. The van der Waals surface area contributed by atoms with Gasteiger partial charge in [0.1, 0.15) is 17.9 Å². The van der Waals surface area contributed by atoms with Crippen LogP contribution >= 0.6 is 11.3 Å². The van der Waals surface area contributed by atoms with Gasteiger partial charge in [-0.15, -0.1) is 11.3 Å². The van der Waals surface area contributed by atoms with Crippen LogP contribution in [0.1, 0.15) is 31.3 Å². The van der Waals surface area contributed by atoms with E-state index in [1.807, 2.05) is 66.1 Å². The fourth-order valence-electron chi connectivity index (χ4n) is 3.31. The summed E-state index contributed by atoms with van der Waals surface area (Å²) in [6, 6.07) is 13.5. The van der Waals surface area contributed by atoms with Gasteiger partial charge >= 0.3 is 0 Å². The lowest BCUT2D eigenvalue weighted by molar-refractivity contribution is -0.122. The summed E-state index contributed by atoms with van der Waals surface area (Å²) in [7, 11) is 0. The van der Waals surface area contributed by atoms with Gasteiger partial charge in [-0.2, -0.15) is 5.10 Å². The van der Waals surface area contributed by atoms with Crippen LogP contribution in [0.15, 0.2) is 52.6 Å². The second-order valence-electron chi connectivity index (χ2n) is 6.47. The number of nitrogens with zero attached hydrogens (tertiary/aromatic N) is 3. The number of benzene rings is 1. The molecule has 138 valence electrons. The SMILES string of the molecule is CCc1nn(CC(=O)N[C@H](C)c2ccccc2)c(=O)c2cc3sccc3n12. The van der Waals surface area contributed by atoms with Crippen molar-refractivity contribution in [3.05, 3.63) is 69.6 Å². The van der Waals surface area contributed by atoms with Gasteiger partial charge in [-0.1, -0.05) is 37.3 Å². The molecule has 0 radical (unpaired) electrons. The van der Waals surface area contributed by atoms with Gasteiger partial charge in [0.2, 0.25) is 5.91 Å². The average Bonchev–Trinajstić information content (AvgIpc) is 3.26. The molecule has 0 saturated heterocycles. The molecule has 0 spiro atoms. The Hall–Kier alpha value is -2.93. The lowest BCUT2D eigenvalue weighted by Crippen LogP contribution is -2.36. The Balaban J connectivity index is 1.64. The molecule has 6 nitrogen and oxygen atoms in total. The minimum Gasteiger partial charge on any atom is -0.348 e. The van der Waals surface area contributed by atoms with E-state index in [9.17, 15) is 9.59 Å². The Morgan fingerprint density at radius 1 is 1.22 bits per heavy atom. The second kappa shape index (κ2) is 7.00. The maximum absolute atomic E-state index is 12.9. The first-order chi connectivity index (χ1) is 13.1. The second-order valence-corrected chi connectivity index (χ2v) is 7.42. The van der Waals surface area contributed by atoms with Crippen LogP contribution in [0.3, 0.4) is 0 Å². The highest BCUT2D eigenvalue weighted by Gasteiger charge is 2.17. The Labute approximate surface area is 160 Å². The Morgan fingerprint density at radius 3 is 2.74 bits per heavy atom. The summed E-state index contributed by atoms with van der Waals surface area (Å²) >= 11 is 1.59. The number of nitrogens with one attached hydrogen (secondary N) is 1. The van der Waals surface area contributed by atoms with Gasteiger partial charge in [0.25, 0.3) is 5.56 Å². The molecular weight excluding hydrogens is 360 g/mol. The molecule has 0 unspecified atom stereocenters. The van der Waals surface area contributed by atoms with E-state index in [1.165, 1.54) is 4.68 Å². The Bertz CT molecular complexity index is 1170. The van der Waals surface area contributed by atoms with Crippen molar-refractivity contribution >= 4 is 33.0 Å². The first-order valence-electron chi connectivity index (χ1n) is 8.91. The molecule has 1 amide bonds. The maximum atomic E-state index is 12.9. The van der Waals surface area contributed by atoms with Crippen LogP contribution in [-0.4, -0.2) is 20.1 Å². The zero-order valence-corrected chi connectivity index (χ0v) is 16.0. The smallest absolute Gasteiger partial charge is 0.291 e. The number of rotatable bonds is 5. The van der Waals surface area contributed by atoms with Crippen molar-refractivity contribution in [1.29, 1.82) is 0 Å². The largest absolute Gasteiger partial charge is 0.348 e. The van der Waals surface area contributed by atoms with E-state index in [2.05, 4.69) is 10.4 Å². The molecule has 1 N–H and O–H groups in total. The van der Waals surface area contributed by atoms with Crippen LogP contribution in [0, 0.1) is 0 Å². The molecule has 0 bridgehead atoms.